The van der Waals surface area contributed by atoms with Gasteiger partial charge in [-0.1, -0.05) is 53.4 Å². The van der Waals surface area contributed by atoms with E-state index in [1.807, 2.05) is 30.3 Å². The summed E-state index contributed by atoms with van der Waals surface area (Å²) in [5.41, 5.74) is 1.52. The van der Waals surface area contributed by atoms with E-state index in [1.165, 1.54) is 18.4 Å². The summed E-state index contributed by atoms with van der Waals surface area (Å²) in [7, 11) is 1.27. The highest BCUT2D eigenvalue weighted by molar-refractivity contribution is 7.99. The summed E-state index contributed by atoms with van der Waals surface area (Å²) in [5.74, 6) is -0.938. The van der Waals surface area contributed by atoms with Crippen molar-refractivity contribution in [3.63, 3.8) is 0 Å². The molecule has 8 nitrogen and oxygen atoms in total. The average Bonchev–Trinajstić information content (AvgIpc) is 3.14. The molecule has 2 heterocycles. The van der Waals surface area contributed by atoms with E-state index < -0.39 is 5.97 Å². The van der Waals surface area contributed by atoms with E-state index in [1.54, 1.807) is 28.8 Å². The second-order valence-corrected chi connectivity index (χ2v) is 9.04. The van der Waals surface area contributed by atoms with Gasteiger partial charge in [0, 0.05) is 5.69 Å². The van der Waals surface area contributed by atoms with Gasteiger partial charge in [-0.25, -0.2) is 9.78 Å². The summed E-state index contributed by atoms with van der Waals surface area (Å²) < 4.78 is 7.39. The van der Waals surface area contributed by atoms with Crippen molar-refractivity contribution in [3.8, 4) is 5.69 Å². The largest absolute Gasteiger partial charge is 0.465 e. The van der Waals surface area contributed by atoms with Crippen molar-refractivity contribution in [2.24, 2.45) is 0 Å². The van der Waals surface area contributed by atoms with E-state index in [0.717, 1.165) is 17.4 Å². The van der Waals surface area contributed by atoms with E-state index >= 15 is 0 Å². The topological polar surface area (TPSA) is 106 Å². The highest BCUT2D eigenvalue weighted by Gasteiger charge is 2.16. The number of anilines is 1. The van der Waals surface area contributed by atoms with Crippen LogP contribution < -0.4 is 10.9 Å². The average molecular weight is 485 g/mol. The lowest BCUT2D eigenvalue weighted by Gasteiger charge is -2.09. The molecule has 2 aromatic carbocycles. The first-order valence-corrected chi connectivity index (χ1v) is 11.5. The Hall–Kier alpha value is -3.28. The number of aromatic nitrogens is 3. The maximum atomic E-state index is 12.6. The molecule has 2 N–H and O–H groups in total. The number of carbonyl (C=O) groups excluding carboxylic acids is 2. The molecule has 0 unspecified atom stereocenters. The SMILES string of the molecule is COC(=O)c1ccccc1NC(=O)CSc1nc2c(sc(=S)n2-c2ccccc2)c(=O)[nH]1. The molecule has 0 aliphatic carbocycles. The summed E-state index contributed by atoms with van der Waals surface area (Å²) in [6, 6.07) is 15.9. The third-order valence-electron chi connectivity index (χ3n) is 4.38. The number of thioether (sulfide) groups is 1. The molecule has 162 valence electrons. The van der Waals surface area contributed by atoms with Gasteiger partial charge in [0.15, 0.2) is 14.8 Å². The van der Waals surface area contributed by atoms with Crippen molar-refractivity contribution < 1.29 is 14.3 Å². The van der Waals surface area contributed by atoms with Gasteiger partial charge in [0.1, 0.15) is 4.70 Å². The van der Waals surface area contributed by atoms with Crippen molar-refractivity contribution in [3.05, 3.63) is 74.5 Å². The lowest BCUT2D eigenvalue weighted by atomic mass is 10.2. The van der Waals surface area contributed by atoms with Gasteiger partial charge in [0.25, 0.3) is 5.56 Å². The fraction of sp³-hybridized carbons (Fsp3) is 0.0952. The number of hydrogen-bond acceptors (Lipinski definition) is 8. The van der Waals surface area contributed by atoms with E-state index in [4.69, 9.17) is 17.0 Å². The number of carbonyl (C=O) groups is 2. The van der Waals surface area contributed by atoms with Crippen LogP contribution in [0.25, 0.3) is 16.0 Å². The van der Waals surface area contributed by atoms with E-state index in [-0.39, 0.29) is 27.9 Å². The molecule has 4 aromatic rings. The lowest BCUT2D eigenvalue weighted by molar-refractivity contribution is -0.113. The number of esters is 1. The molecular weight excluding hydrogens is 468 g/mol. The third-order valence-corrected chi connectivity index (χ3v) is 6.62. The number of amides is 1. The van der Waals surface area contributed by atoms with Gasteiger partial charge in [0.2, 0.25) is 5.91 Å². The number of nitrogens with one attached hydrogen (secondary N) is 2. The van der Waals surface area contributed by atoms with Gasteiger partial charge in [-0.2, -0.15) is 0 Å². The Kier molecular flexibility index (Phi) is 6.49. The number of benzene rings is 2. The van der Waals surface area contributed by atoms with Crippen LogP contribution in [0.4, 0.5) is 5.69 Å². The number of para-hydroxylation sites is 2. The highest BCUT2D eigenvalue weighted by Crippen LogP contribution is 2.25. The molecule has 0 atom stereocenters. The summed E-state index contributed by atoms with van der Waals surface area (Å²) in [4.78, 5) is 44.1. The molecule has 0 saturated heterocycles. The minimum atomic E-state index is -0.548. The second kappa shape index (κ2) is 9.47. The number of methoxy groups -OCH3 is 1. The van der Waals surface area contributed by atoms with Crippen molar-refractivity contribution in [1.82, 2.24) is 14.5 Å². The molecule has 11 heteroatoms. The first-order valence-electron chi connectivity index (χ1n) is 9.29. The molecule has 1 amide bonds. The van der Waals surface area contributed by atoms with E-state index in [2.05, 4.69) is 15.3 Å². The molecule has 0 saturated carbocycles. The van der Waals surface area contributed by atoms with Crippen LogP contribution in [0.15, 0.2) is 64.5 Å². The van der Waals surface area contributed by atoms with Gasteiger partial charge in [-0.15, -0.1) is 0 Å². The highest BCUT2D eigenvalue weighted by atomic mass is 32.2. The first-order chi connectivity index (χ1) is 15.5. The van der Waals surface area contributed by atoms with Crippen LogP contribution in [0.3, 0.4) is 0 Å². The Labute approximate surface area is 195 Å². The Morgan fingerprint density at radius 1 is 1.19 bits per heavy atom. The molecule has 4 rings (SSSR count). The molecule has 0 radical (unpaired) electrons. The second-order valence-electron chi connectivity index (χ2n) is 6.44. The molecule has 0 aliphatic rings. The van der Waals surface area contributed by atoms with Crippen molar-refractivity contribution in [2.45, 2.75) is 5.16 Å². The molecule has 32 heavy (non-hydrogen) atoms. The van der Waals surface area contributed by atoms with Crippen LogP contribution in [0.1, 0.15) is 10.4 Å². The molecule has 0 spiro atoms. The summed E-state index contributed by atoms with van der Waals surface area (Å²) >= 11 is 7.69. The fourth-order valence-corrected chi connectivity index (χ4v) is 4.89. The first kappa shape index (κ1) is 21.9. The maximum Gasteiger partial charge on any atom is 0.339 e. The Bertz CT molecular complexity index is 1430. The van der Waals surface area contributed by atoms with Gasteiger partial charge >= 0.3 is 5.97 Å². The number of ether oxygens (including phenoxy) is 1. The van der Waals surface area contributed by atoms with Crippen LogP contribution in [0.5, 0.6) is 0 Å². The standard InChI is InChI=1S/C21H16N4O4S3/c1-29-19(28)13-9-5-6-10-14(13)22-15(26)11-31-20-23-17-16(18(27)24-20)32-21(30)25(17)12-7-3-2-4-8-12/h2-10H,11H2,1H3,(H,22,26)(H,23,24,27). The normalized spacial score (nSPS) is 10.8. The van der Waals surface area contributed by atoms with Crippen molar-refractivity contribution in [2.75, 3.05) is 18.2 Å². The maximum absolute atomic E-state index is 12.6. The fourth-order valence-electron chi connectivity index (χ4n) is 2.97. The number of aromatic amines is 1. The molecular formula is C21H16N4O4S3. The van der Waals surface area contributed by atoms with Crippen LogP contribution in [-0.4, -0.2) is 39.3 Å². The van der Waals surface area contributed by atoms with Crippen LogP contribution >= 0.6 is 35.3 Å². The molecule has 0 bridgehead atoms. The zero-order valence-corrected chi connectivity index (χ0v) is 19.1. The van der Waals surface area contributed by atoms with Crippen LogP contribution in [0, 0.1) is 3.95 Å². The predicted molar refractivity (Wildman–Crippen MR) is 128 cm³/mol. The lowest BCUT2D eigenvalue weighted by Crippen LogP contribution is -2.18. The Morgan fingerprint density at radius 2 is 1.91 bits per heavy atom. The third kappa shape index (κ3) is 4.49. The molecule has 0 aliphatic heterocycles. The molecule has 2 aromatic heterocycles. The van der Waals surface area contributed by atoms with Gasteiger partial charge in [-0.05, 0) is 36.5 Å². The Morgan fingerprint density at radius 3 is 2.66 bits per heavy atom. The number of thiazole rings is 1. The number of nitrogens with zero attached hydrogens (tertiary/aromatic N) is 2. The monoisotopic (exact) mass is 484 g/mol. The Balaban J connectivity index is 1.57. The minimum Gasteiger partial charge on any atom is -0.465 e. The van der Waals surface area contributed by atoms with Crippen molar-refractivity contribution in [1.29, 1.82) is 0 Å². The zero-order chi connectivity index (χ0) is 22.7. The smallest absolute Gasteiger partial charge is 0.339 e. The van der Waals surface area contributed by atoms with E-state index in [9.17, 15) is 14.4 Å². The van der Waals surface area contributed by atoms with Gasteiger partial charge in [-0.3, -0.25) is 14.2 Å². The van der Waals surface area contributed by atoms with Crippen LogP contribution in [0.2, 0.25) is 0 Å². The quantitative estimate of drug-likeness (QED) is 0.184. The van der Waals surface area contributed by atoms with Gasteiger partial charge in [0.05, 0.1) is 24.1 Å². The predicted octanol–water partition coefficient (Wildman–Crippen LogP) is 4.02. The van der Waals surface area contributed by atoms with Gasteiger partial charge < -0.3 is 15.0 Å². The number of fused-ring (bicyclic) bond motifs is 1. The minimum absolute atomic E-state index is 0.0276. The summed E-state index contributed by atoms with van der Waals surface area (Å²) in [6.45, 7) is 0. The zero-order valence-electron chi connectivity index (χ0n) is 16.7. The van der Waals surface area contributed by atoms with E-state index in [0.29, 0.717) is 20.0 Å². The van der Waals surface area contributed by atoms with Crippen molar-refractivity contribution >= 4 is 63.2 Å². The molecule has 0 fully saturated rings. The van der Waals surface area contributed by atoms with Crippen LogP contribution in [-0.2, 0) is 9.53 Å². The number of H-pyrrole nitrogens is 1. The number of rotatable bonds is 6. The number of hydrogen-bond donors (Lipinski definition) is 2. The summed E-state index contributed by atoms with van der Waals surface area (Å²) in [5, 5.41) is 2.98. The summed E-state index contributed by atoms with van der Waals surface area (Å²) in [6.07, 6.45) is 0.